The van der Waals surface area contributed by atoms with Crippen molar-refractivity contribution in [2.24, 2.45) is 0 Å². The number of carbonyl (C=O) groups is 1. The van der Waals surface area contributed by atoms with Gasteiger partial charge in [-0.15, -0.1) is 10.2 Å². The van der Waals surface area contributed by atoms with Crippen molar-refractivity contribution in [1.29, 1.82) is 0 Å². The van der Waals surface area contributed by atoms with Crippen LogP contribution in [0.15, 0.2) is 52.9 Å². The lowest BCUT2D eigenvalue weighted by molar-refractivity contribution is 0.0281. The quantitative estimate of drug-likeness (QED) is 0.583. The van der Waals surface area contributed by atoms with E-state index in [1.165, 1.54) is 6.07 Å². The number of rotatable bonds is 4. The molecule has 0 amide bonds. The summed E-state index contributed by atoms with van der Waals surface area (Å²) in [4.78, 5) is 12.1. The maximum absolute atomic E-state index is 13.0. The first-order chi connectivity index (χ1) is 11.5. The Morgan fingerprint density at radius 1 is 1.21 bits per heavy atom. The molecule has 24 heavy (non-hydrogen) atoms. The lowest BCUT2D eigenvalue weighted by Gasteiger charge is -2.10. The number of halogens is 1. The van der Waals surface area contributed by atoms with E-state index >= 15 is 0 Å². The second-order valence-electron chi connectivity index (χ2n) is 5.09. The van der Waals surface area contributed by atoms with Gasteiger partial charge in [-0.05, 0) is 37.3 Å². The highest BCUT2D eigenvalue weighted by Gasteiger charge is 2.21. The van der Waals surface area contributed by atoms with Crippen molar-refractivity contribution in [2.45, 2.75) is 13.0 Å². The van der Waals surface area contributed by atoms with Gasteiger partial charge in [-0.2, -0.15) is 0 Å². The van der Waals surface area contributed by atoms with E-state index in [1.807, 2.05) is 30.3 Å². The van der Waals surface area contributed by atoms with Gasteiger partial charge >= 0.3 is 5.97 Å². The van der Waals surface area contributed by atoms with Gasteiger partial charge in [0.15, 0.2) is 6.10 Å². The zero-order valence-corrected chi connectivity index (χ0v) is 12.8. The van der Waals surface area contributed by atoms with Crippen LogP contribution < -0.4 is 5.73 Å². The van der Waals surface area contributed by atoms with Crippen molar-refractivity contribution >= 4 is 11.7 Å². The van der Waals surface area contributed by atoms with Gasteiger partial charge in [0.25, 0.3) is 5.89 Å². The molecule has 0 fully saturated rings. The molecule has 2 N–H and O–H groups in total. The molecule has 2 aromatic carbocycles. The lowest BCUT2D eigenvalue weighted by atomic mass is 10.2. The molecular formula is C17H14FN3O3. The Balaban J connectivity index is 1.74. The molecule has 0 saturated carbocycles. The summed E-state index contributed by atoms with van der Waals surface area (Å²) in [6.07, 6.45) is -0.771. The number of ether oxygens (including phenoxy) is 1. The molecular weight excluding hydrogens is 313 g/mol. The Kier molecular flexibility index (Phi) is 4.24. The third kappa shape index (κ3) is 3.24. The monoisotopic (exact) mass is 327 g/mol. The van der Waals surface area contributed by atoms with Crippen molar-refractivity contribution in [2.75, 3.05) is 5.73 Å². The summed E-state index contributed by atoms with van der Waals surface area (Å²) in [6, 6.07) is 12.7. The maximum atomic E-state index is 13.0. The molecule has 1 heterocycles. The molecule has 0 radical (unpaired) electrons. The minimum atomic E-state index is -0.771. The highest BCUT2D eigenvalue weighted by atomic mass is 19.1. The van der Waals surface area contributed by atoms with Crippen LogP contribution in [0.5, 0.6) is 0 Å². The van der Waals surface area contributed by atoms with Gasteiger partial charge in [0.2, 0.25) is 5.89 Å². The van der Waals surface area contributed by atoms with Gasteiger partial charge in [0, 0.05) is 11.3 Å². The number of nitrogens with two attached hydrogens (primary N) is 1. The van der Waals surface area contributed by atoms with Crippen LogP contribution in [0, 0.1) is 5.82 Å². The zero-order valence-electron chi connectivity index (χ0n) is 12.8. The van der Waals surface area contributed by atoms with Crippen molar-refractivity contribution < 1.29 is 18.3 Å². The summed E-state index contributed by atoms with van der Waals surface area (Å²) in [5.41, 5.74) is 6.46. The summed E-state index contributed by atoms with van der Waals surface area (Å²) in [5, 5.41) is 7.83. The highest BCUT2D eigenvalue weighted by molar-refractivity contribution is 5.95. The first-order valence-corrected chi connectivity index (χ1v) is 7.19. The molecule has 122 valence electrons. The largest absolute Gasteiger partial charge is 0.449 e. The van der Waals surface area contributed by atoms with E-state index < -0.39 is 17.9 Å². The van der Waals surface area contributed by atoms with E-state index in [1.54, 1.807) is 6.92 Å². The fourth-order valence-corrected chi connectivity index (χ4v) is 2.09. The van der Waals surface area contributed by atoms with Crippen LogP contribution >= 0.6 is 0 Å². The first kappa shape index (κ1) is 15.7. The SMILES string of the molecule is CC(OC(=O)c1ccc(F)cc1N)c1nnc(-c2ccccc2)o1. The lowest BCUT2D eigenvalue weighted by Crippen LogP contribution is -2.11. The fourth-order valence-electron chi connectivity index (χ4n) is 2.09. The number of nitrogen functional groups attached to an aromatic ring is 1. The van der Waals surface area contributed by atoms with Crippen LogP contribution in [-0.2, 0) is 4.74 Å². The summed E-state index contributed by atoms with van der Waals surface area (Å²) in [5.74, 6) is -0.737. The molecule has 0 aliphatic rings. The number of carbonyl (C=O) groups excluding carboxylic acids is 1. The highest BCUT2D eigenvalue weighted by Crippen LogP contribution is 2.24. The van der Waals surface area contributed by atoms with Crippen molar-refractivity contribution in [1.82, 2.24) is 10.2 Å². The van der Waals surface area contributed by atoms with E-state index in [2.05, 4.69) is 10.2 Å². The van der Waals surface area contributed by atoms with Crippen molar-refractivity contribution in [3.8, 4) is 11.5 Å². The van der Waals surface area contributed by atoms with Crippen LogP contribution in [-0.4, -0.2) is 16.2 Å². The van der Waals surface area contributed by atoms with E-state index in [4.69, 9.17) is 14.9 Å². The van der Waals surface area contributed by atoms with E-state index in [-0.39, 0.29) is 17.1 Å². The molecule has 1 aromatic heterocycles. The molecule has 0 aliphatic carbocycles. The molecule has 3 rings (SSSR count). The minimum absolute atomic E-state index is 0.00250. The maximum Gasteiger partial charge on any atom is 0.341 e. The predicted molar refractivity (Wildman–Crippen MR) is 84.4 cm³/mol. The van der Waals surface area contributed by atoms with Gasteiger partial charge in [-0.1, -0.05) is 18.2 Å². The second kappa shape index (κ2) is 6.49. The smallest absolute Gasteiger partial charge is 0.341 e. The predicted octanol–water partition coefficient (Wildman–Crippen LogP) is 3.38. The van der Waals surface area contributed by atoms with Crippen LogP contribution in [0.25, 0.3) is 11.5 Å². The summed E-state index contributed by atoms with van der Waals surface area (Å²) < 4.78 is 23.8. The summed E-state index contributed by atoms with van der Waals surface area (Å²) in [7, 11) is 0. The van der Waals surface area contributed by atoms with Gasteiger partial charge in [-0.25, -0.2) is 9.18 Å². The Bertz CT molecular complexity index is 865. The van der Waals surface area contributed by atoms with Gasteiger partial charge in [0.1, 0.15) is 5.82 Å². The van der Waals surface area contributed by atoms with Crippen molar-refractivity contribution in [3.63, 3.8) is 0 Å². The normalized spacial score (nSPS) is 11.9. The van der Waals surface area contributed by atoms with Crippen LogP contribution in [0.1, 0.15) is 29.3 Å². The van der Waals surface area contributed by atoms with E-state index in [0.717, 1.165) is 17.7 Å². The zero-order chi connectivity index (χ0) is 17.1. The number of aromatic nitrogens is 2. The topological polar surface area (TPSA) is 91.2 Å². The average Bonchev–Trinajstić information content (AvgIpc) is 3.05. The molecule has 0 spiro atoms. The van der Waals surface area contributed by atoms with E-state index in [9.17, 15) is 9.18 Å². The van der Waals surface area contributed by atoms with Crippen LogP contribution in [0.4, 0.5) is 10.1 Å². The average molecular weight is 327 g/mol. The molecule has 0 aliphatic heterocycles. The molecule has 1 atom stereocenters. The molecule has 3 aromatic rings. The Labute approximate surface area is 137 Å². The number of esters is 1. The third-order valence-electron chi connectivity index (χ3n) is 3.33. The minimum Gasteiger partial charge on any atom is -0.449 e. The van der Waals surface area contributed by atoms with Gasteiger partial charge < -0.3 is 14.9 Å². The Morgan fingerprint density at radius 3 is 2.67 bits per heavy atom. The van der Waals surface area contributed by atoms with Gasteiger partial charge in [-0.3, -0.25) is 0 Å². The molecule has 6 nitrogen and oxygen atoms in total. The number of anilines is 1. The summed E-state index contributed by atoms with van der Waals surface area (Å²) >= 11 is 0. The number of hydrogen-bond donors (Lipinski definition) is 1. The standard InChI is InChI=1S/C17H14FN3O3/c1-10(23-17(22)13-8-7-12(18)9-14(13)19)15-20-21-16(24-15)11-5-3-2-4-6-11/h2-10H,19H2,1H3. The number of nitrogens with zero attached hydrogens (tertiary/aromatic N) is 2. The van der Waals surface area contributed by atoms with E-state index in [0.29, 0.717) is 5.89 Å². The molecule has 1 unspecified atom stereocenters. The first-order valence-electron chi connectivity index (χ1n) is 7.19. The molecule has 7 heteroatoms. The van der Waals surface area contributed by atoms with Crippen LogP contribution in [0.3, 0.4) is 0 Å². The fraction of sp³-hybridized carbons (Fsp3) is 0.118. The summed E-state index contributed by atoms with van der Waals surface area (Å²) in [6.45, 7) is 1.60. The van der Waals surface area contributed by atoms with Crippen LogP contribution in [0.2, 0.25) is 0 Å². The van der Waals surface area contributed by atoms with Crippen molar-refractivity contribution in [3.05, 3.63) is 65.8 Å². The molecule has 0 saturated heterocycles. The van der Waals surface area contributed by atoms with Gasteiger partial charge in [0.05, 0.1) is 5.56 Å². The molecule has 0 bridgehead atoms. The Morgan fingerprint density at radius 2 is 1.96 bits per heavy atom. The number of benzene rings is 2. The number of hydrogen-bond acceptors (Lipinski definition) is 6. The second-order valence-corrected chi connectivity index (χ2v) is 5.09. The third-order valence-corrected chi connectivity index (χ3v) is 3.33. The Hall–Kier alpha value is -3.22.